The molecule has 0 amide bonds. The van der Waals surface area contributed by atoms with Gasteiger partial charge < -0.3 is 0 Å². The number of hydrogen-bond acceptors (Lipinski definition) is 4. The Hall–Kier alpha value is -2.27. The Kier molecular flexibility index (Phi) is 5.90. The summed E-state index contributed by atoms with van der Waals surface area (Å²) in [5, 5.41) is 9.52. The van der Waals surface area contributed by atoms with Gasteiger partial charge in [-0.1, -0.05) is 42.5 Å². The van der Waals surface area contributed by atoms with Crippen molar-refractivity contribution in [3.63, 3.8) is 0 Å². The van der Waals surface area contributed by atoms with E-state index in [1.165, 1.54) is 10.4 Å². The van der Waals surface area contributed by atoms with Crippen molar-refractivity contribution in [1.29, 1.82) is 5.26 Å². The zero-order valence-corrected chi connectivity index (χ0v) is 16.0. The Morgan fingerprint density at radius 1 is 1.07 bits per heavy atom. The lowest BCUT2D eigenvalue weighted by Gasteiger charge is -2.36. The maximum Gasteiger partial charge on any atom is 0.218 e. The molecule has 0 bridgehead atoms. The van der Waals surface area contributed by atoms with Crippen LogP contribution in [0.25, 0.3) is 0 Å². The molecule has 0 spiro atoms. The quantitative estimate of drug-likeness (QED) is 0.791. The van der Waals surface area contributed by atoms with E-state index in [1.54, 1.807) is 18.2 Å². The third kappa shape index (κ3) is 4.35. The van der Waals surface area contributed by atoms with Gasteiger partial charge in [0.05, 0.1) is 11.8 Å². The van der Waals surface area contributed by atoms with Crippen LogP contribution in [0.5, 0.6) is 0 Å². The Balaban J connectivity index is 1.68. The first-order chi connectivity index (χ1) is 12.9. The van der Waals surface area contributed by atoms with E-state index in [1.807, 2.05) is 36.1 Å². The molecule has 2 aromatic carbocycles. The van der Waals surface area contributed by atoms with Gasteiger partial charge >= 0.3 is 0 Å². The Labute approximate surface area is 159 Å². The average Bonchev–Trinajstić information content (AvgIpc) is 2.66. The topological polar surface area (TPSA) is 64.4 Å². The predicted molar refractivity (Wildman–Crippen MR) is 102 cm³/mol. The van der Waals surface area contributed by atoms with Crippen molar-refractivity contribution in [2.45, 2.75) is 18.7 Å². The molecule has 0 aliphatic carbocycles. The fourth-order valence-corrected chi connectivity index (χ4v) is 4.96. The van der Waals surface area contributed by atoms with Gasteiger partial charge in [-0.25, -0.2) is 12.8 Å². The monoisotopic (exact) mass is 387 g/mol. The van der Waals surface area contributed by atoms with Gasteiger partial charge in [-0.2, -0.15) is 9.57 Å². The maximum atomic E-state index is 14.0. The van der Waals surface area contributed by atoms with Gasteiger partial charge in [0, 0.05) is 31.7 Å². The highest BCUT2D eigenvalue weighted by Gasteiger charge is 2.31. The summed E-state index contributed by atoms with van der Waals surface area (Å²) in [6.45, 7) is 3.26. The van der Waals surface area contributed by atoms with E-state index in [0.717, 1.165) is 11.1 Å². The molecule has 1 fully saturated rings. The van der Waals surface area contributed by atoms with Crippen molar-refractivity contribution >= 4 is 10.0 Å². The highest BCUT2D eigenvalue weighted by atomic mass is 32.2. The fourth-order valence-electron chi connectivity index (χ4n) is 3.34. The zero-order valence-electron chi connectivity index (χ0n) is 15.2. The molecule has 142 valence electrons. The van der Waals surface area contributed by atoms with Crippen LogP contribution in [0, 0.1) is 24.1 Å². The number of nitriles is 1. The van der Waals surface area contributed by atoms with Crippen LogP contribution in [0.15, 0.2) is 48.5 Å². The Morgan fingerprint density at radius 3 is 2.33 bits per heavy atom. The van der Waals surface area contributed by atoms with Crippen molar-refractivity contribution in [2.24, 2.45) is 0 Å². The first kappa shape index (κ1) is 19.5. The highest BCUT2D eigenvalue weighted by Crippen LogP contribution is 2.25. The van der Waals surface area contributed by atoms with Crippen LogP contribution >= 0.6 is 0 Å². The Bertz CT molecular complexity index is 948. The molecule has 1 heterocycles. The van der Waals surface area contributed by atoms with Gasteiger partial charge in [-0.3, -0.25) is 4.90 Å². The average molecular weight is 387 g/mol. The van der Waals surface area contributed by atoms with Crippen molar-refractivity contribution in [3.05, 3.63) is 71.0 Å². The van der Waals surface area contributed by atoms with Crippen LogP contribution in [0.2, 0.25) is 0 Å². The van der Waals surface area contributed by atoms with Crippen LogP contribution in [0.4, 0.5) is 4.39 Å². The first-order valence-electron chi connectivity index (χ1n) is 8.83. The van der Waals surface area contributed by atoms with Gasteiger partial charge in [0.25, 0.3) is 0 Å². The summed E-state index contributed by atoms with van der Waals surface area (Å²) in [6.07, 6.45) is 0. The number of nitrogens with zero attached hydrogens (tertiary/aromatic N) is 3. The van der Waals surface area contributed by atoms with E-state index in [4.69, 9.17) is 0 Å². The zero-order chi connectivity index (χ0) is 19.4. The van der Waals surface area contributed by atoms with E-state index >= 15 is 0 Å². The summed E-state index contributed by atoms with van der Waals surface area (Å²) in [4.78, 5) is 1.83. The predicted octanol–water partition coefficient (Wildman–Crippen LogP) is 2.85. The minimum atomic E-state index is -3.44. The summed E-state index contributed by atoms with van der Waals surface area (Å²) in [5.74, 6) is -0.451. The van der Waals surface area contributed by atoms with Gasteiger partial charge in [-0.15, -0.1) is 0 Å². The van der Waals surface area contributed by atoms with Crippen LogP contribution < -0.4 is 0 Å². The second-order valence-corrected chi connectivity index (χ2v) is 8.64. The molecule has 7 heteroatoms. The lowest BCUT2D eigenvalue weighted by molar-refractivity contribution is 0.160. The first-order valence-corrected chi connectivity index (χ1v) is 10.4. The van der Waals surface area contributed by atoms with Gasteiger partial charge in [-0.05, 0) is 24.1 Å². The molecule has 1 saturated heterocycles. The van der Waals surface area contributed by atoms with Crippen LogP contribution in [-0.2, 0) is 15.8 Å². The third-order valence-electron chi connectivity index (χ3n) is 4.95. The highest BCUT2D eigenvalue weighted by molar-refractivity contribution is 7.88. The van der Waals surface area contributed by atoms with Crippen molar-refractivity contribution < 1.29 is 12.8 Å². The molecule has 1 unspecified atom stereocenters. The summed E-state index contributed by atoms with van der Waals surface area (Å²) in [6, 6.07) is 15.1. The lowest BCUT2D eigenvalue weighted by Crippen LogP contribution is -2.49. The van der Waals surface area contributed by atoms with Gasteiger partial charge in [0.2, 0.25) is 10.0 Å². The van der Waals surface area contributed by atoms with E-state index in [9.17, 15) is 18.1 Å². The molecule has 1 aliphatic rings. The number of piperazine rings is 1. The van der Waals surface area contributed by atoms with Crippen LogP contribution in [0.1, 0.15) is 22.7 Å². The van der Waals surface area contributed by atoms with E-state index in [0.29, 0.717) is 31.7 Å². The minimum absolute atomic E-state index is 0.0331. The van der Waals surface area contributed by atoms with E-state index in [-0.39, 0.29) is 5.75 Å². The molecule has 3 rings (SSSR count). The number of benzene rings is 2. The minimum Gasteiger partial charge on any atom is -0.282 e. The molecule has 1 aliphatic heterocycles. The molecule has 5 nitrogen and oxygen atoms in total. The van der Waals surface area contributed by atoms with Gasteiger partial charge in [0.15, 0.2) is 0 Å². The summed E-state index contributed by atoms with van der Waals surface area (Å²) in [7, 11) is -3.44. The molecule has 0 N–H and O–H groups in total. The lowest BCUT2D eigenvalue weighted by atomic mass is 10.1. The molecule has 0 aromatic heterocycles. The van der Waals surface area contributed by atoms with Crippen molar-refractivity contribution in [1.82, 2.24) is 9.21 Å². The summed E-state index contributed by atoms with van der Waals surface area (Å²) < 4.78 is 41.0. The largest absolute Gasteiger partial charge is 0.282 e. The summed E-state index contributed by atoms with van der Waals surface area (Å²) in [5.41, 5.74) is 2.07. The van der Waals surface area contributed by atoms with Crippen molar-refractivity contribution in [2.75, 3.05) is 26.2 Å². The van der Waals surface area contributed by atoms with E-state index < -0.39 is 21.9 Å². The van der Waals surface area contributed by atoms with Crippen LogP contribution in [-0.4, -0.2) is 43.8 Å². The molecule has 2 aromatic rings. The molecule has 27 heavy (non-hydrogen) atoms. The molecule has 0 saturated carbocycles. The SMILES string of the molecule is Cc1ccccc1CS(=O)(=O)N1CCN(C(C#N)c2ccccc2F)CC1. The normalized spacial score (nSPS) is 17.4. The standard InChI is InChI=1S/C20H22FN3O2S/c1-16-6-2-3-7-17(16)15-27(25,26)24-12-10-23(11-13-24)20(14-22)18-8-4-5-9-19(18)21/h2-9,20H,10-13,15H2,1H3. The molecule has 1 atom stereocenters. The number of rotatable bonds is 5. The fraction of sp³-hybridized carbons (Fsp3) is 0.350. The van der Waals surface area contributed by atoms with Crippen LogP contribution in [0.3, 0.4) is 0 Å². The second-order valence-electron chi connectivity index (χ2n) is 6.67. The van der Waals surface area contributed by atoms with Gasteiger partial charge in [0.1, 0.15) is 11.9 Å². The molecular formula is C20H22FN3O2S. The number of hydrogen-bond donors (Lipinski definition) is 0. The maximum absolute atomic E-state index is 14.0. The number of halogens is 1. The second kappa shape index (κ2) is 8.17. The Morgan fingerprint density at radius 2 is 1.70 bits per heavy atom. The summed E-state index contributed by atoms with van der Waals surface area (Å²) >= 11 is 0. The van der Waals surface area contributed by atoms with E-state index in [2.05, 4.69) is 6.07 Å². The molecule has 0 radical (unpaired) electrons. The van der Waals surface area contributed by atoms with Crippen molar-refractivity contribution in [3.8, 4) is 6.07 Å². The number of aryl methyl sites for hydroxylation is 1. The number of sulfonamides is 1. The smallest absolute Gasteiger partial charge is 0.218 e. The third-order valence-corrected chi connectivity index (χ3v) is 6.78. The molecular weight excluding hydrogens is 365 g/mol.